The summed E-state index contributed by atoms with van der Waals surface area (Å²) >= 11 is 1.19. The van der Waals surface area contributed by atoms with Crippen molar-refractivity contribution in [2.45, 2.75) is 31.3 Å². The third-order valence-corrected chi connectivity index (χ3v) is 4.56. The first-order chi connectivity index (χ1) is 14.0. The van der Waals surface area contributed by atoms with E-state index < -0.39 is 34.9 Å². The van der Waals surface area contributed by atoms with Crippen LogP contribution >= 0.6 is 11.8 Å². The highest BCUT2D eigenvalue weighted by molar-refractivity contribution is 7.98. The molecule has 0 aromatic heterocycles. The normalized spacial score (nSPS) is 10.9. The predicted octanol–water partition coefficient (Wildman–Crippen LogP) is 4.05. The lowest BCUT2D eigenvalue weighted by molar-refractivity contribution is -0.387. The highest BCUT2D eigenvalue weighted by Crippen LogP contribution is 2.29. The third kappa shape index (κ3) is 5.90. The van der Waals surface area contributed by atoms with E-state index in [1.807, 2.05) is 0 Å². The van der Waals surface area contributed by atoms with E-state index in [9.17, 15) is 24.5 Å². The summed E-state index contributed by atoms with van der Waals surface area (Å²) in [5, 5.41) is 11.3. The summed E-state index contributed by atoms with van der Waals surface area (Å²) in [6, 6.07) is 10.0. The SMILES string of the molecule is CSc1ccc(C(=O)c2ccccc2C(=O)OCC(=O)OC(C)(C)C)cc1[N+](=O)[O-]. The second kappa shape index (κ2) is 9.53. The average molecular weight is 431 g/mol. The van der Waals surface area contributed by atoms with Crippen LogP contribution in [0, 0.1) is 10.1 Å². The van der Waals surface area contributed by atoms with Crippen molar-refractivity contribution < 1.29 is 28.8 Å². The molecule has 2 rings (SSSR count). The summed E-state index contributed by atoms with van der Waals surface area (Å²) in [5.74, 6) is -2.17. The fraction of sp³-hybridized carbons (Fsp3) is 0.286. The molecule has 0 aliphatic rings. The molecule has 8 nitrogen and oxygen atoms in total. The van der Waals surface area contributed by atoms with E-state index in [4.69, 9.17) is 9.47 Å². The second-order valence-corrected chi connectivity index (χ2v) is 8.03. The number of carbonyl (C=O) groups is 3. The molecule has 0 spiro atoms. The molecule has 0 heterocycles. The van der Waals surface area contributed by atoms with Gasteiger partial charge in [-0.25, -0.2) is 9.59 Å². The Kier molecular flexibility index (Phi) is 7.33. The third-order valence-electron chi connectivity index (χ3n) is 3.77. The maximum Gasteiger partial charge on any atom is 0.344 e. The van der Waals surface area contributed by atoms with E-state index in [1.54, 1.807) is 39.2 Å². The van der Waals surface area contributed by atoms with Gasteiger partial charge < -0.3 is 9.47 Å². The largest absolute Gasteiger partial charge is 0.457 e. The highest BCUT2D eigenvalue weighted by Gasteiger charge is 2.24. The van der Waals surface area contributed by atoms with Crippen LogP contribution in [0.5, 0.6) is 0 Å². The zero-order valence-electron chi connectivity index (χ0n) is 17.0. The number of thioether (sulfide) groups is 1. The lowest BCUT2D eigenvalue weighted by Gasteiger charge is -2.19. The average Bonchev–Trinajstić information content (AvgIpc) is 2.69. The molecule has 0 aliphatic heterocycles. The van der Waals surface area contributed by atoms with Gasteiger partial charge in [0.05, 0.1) is 15.4 Å². The zero-order chi connectivity index (χ0) is 22.5. The van der Waals surface area contributed by atoms with Gasteiger partial charge in [0.1, 0.15) is 5.60 Å². The van der Waals surface area contributed by atoms with Crippen LogP contribution in [0.4, 0.5) is 5.69 Å². The van der Waals surface area contributed by atoms with Gasteiger partial charge in [0.15, 0.2) is 12.4 Å². The highest BCUT2D eigenvalue weighted by atomic mass is 32.2. The van der Waals surface area contributed by atoms with E-state index in [2.05, 4.69) is 0 Å². The van der Waals surface area contributed by atoms with Crippen molar-refractivity contribution in [3.8, 4) is 0 Å². The quantitative estimate of drug-likeness (QED) is 0.212. The number of nitrogens with zero attached hydrogens (tertiary/aromatic N) is 1. The molecule has 0 unspecified atom stereocenters. The van der Waals surface area contributed by atoms with Crippen LogP contribution in [0.1, 0.15) is 47.1 Å². The van der Waals surface area contributed by atoms with E-state index in [0.29, 0.717) is 4.90 Å². The number of rotatable bonds is 7. The fourth-order valence-electron chi connectivity index (χ4n) is 2.56. The van der Waals surface area contributed by atoms with Crippen molar-refractivity contribution in [2.24, 2.45) is 0 Å². The molecule has 158 valence electrons. The van der Waals surface area contributed by atoms with Gasteiger partial charge in [-0.15, -0.1) is 11.8 Å². The molecular formula is C21H21NO7S. The maximum atomic E-state index is 12.9. The van der Waals surface area contributed by atoms with Crippen LogP contribution in [0.3, 0.4) is 0 Å². The van der Waals surface area contributed by atoms with Crippen molar-refractivity contribution in [3.05, 3.63) is 69.3 Å². The van der Waals surface area contributed by atoms with Crippen LogP contribution < -0.4 is 0 Å². The zero-order valence-corrected chi connectivity index (χ0v) is 17.8. The van der Waals surface area contributed by atoms with Crippen molar-refractivity contribution >= 4 is 35.2 Å². The molecule has 2 aromatic rings. The van der Waals surface area contributed by atoms with Gasteiger partial charge in [0.25, 0.3) is 5.69 Å². The lowest BCUT2D eigenvalue weighted by Crippen LogP contribution is -2.27. The number of carbonyl (C=O) groups excluding carboxylic acids is 3. The van der Waals surface area contributed by atoms with Gasteiger partial charge in [-0.3, -0.25) is 14.9 Å². The van der Waals surface area contributed by atoms with Gasteiger partial charge in [-0.1, -0.05) is 18.2 Å². The Balaban J connectivity index is 2.27. The number of ketones is 1. The molecule has 0 fully saturated rings. The standard InChI is InChI=1S/C21H21NO7S/c1-21(2,3)29-18(23)12-28-20(25)15-8-6-5-7-14(15)19(24)13-9-10-17(30-4)16(11-13)22(26)27/h5-11H,12H2,1-4H3. The molecule has 9 heteroatoms. The number of ether oxygens (including phenoxy) is 2. The summed E-state index contributed by atoms with van der Waals surface area (Å²) < 4.78 is 10.1. The first-order valence-corrected chi connectivity index (χ1v) is 10.1. The smallest absolute Gasteiger partial charge is 0.344 e. The molecule has 2 aromatic carbocycles. The molecule has 30 heavy (non-hydrogen) atoms. The van der Waals surface area contributed by atoms with Gasteiger partial charge in [-0.05, 0) is 45.2 Å². The van der Waals surface area contributed by atoms with Crippen LogP contribution in [-0.2, 0) is 14.3 Å². The van der Waals surface area contributed by atoms with Gasteiger partial charge in [0.2, 0.25) is 0 Å². The Morgan fingerprint density at radius 1 is 1.07 bits per heavy atom. The minimum absolute atomic E-state index is 0.0119. The molecule has 0 N–H and O–H groups in total. The Morgan fingerprint density at radius 2 is 1.70 bits per heavy atom. The van der Waals surface area contributed by atoms with Crippen LogP contribution in [0.25, 0.3) is 0 Å². The van der Waals surface area contributed by atoms with Crippen molar-refractivity contribution in [2.75, 3.05) is 12.9 Å². The van der Waals surface area contributed by atoms with Crippen molar-refractivity contribution in [1.82, 2.24) is 0 Å². The first-order valence-electron chi connectivity index (χ1n) is 8.88. The first kappa shape index (κ1) is 23.1. The van der Waals surface area contributed by atoms with Crippen LogP contribution in [0.15, 0.2) is 47.4 Å². The molecule has 0 saturated heterocycles. The molecule has 0 saturated carbocycles. The number of hydrogen-bond acceptors (Lipinski definition) is 8. The molecule has 0 amide bonds. The number of hydrogen-bond donors (Lipinski definition) is 0. The predicted molar refractivity (Wildman–Crippen MR) is 111 cm³/mol. The maximum absolute atomic E-state index is 12.9. The summed E-state index contributed by atoms with van der Waals surface area (Å²) in [4.78, 5) is 48.3. The number of esters is 2. The summed E-state index contributed by atoms with van der Waals surface area (Å²) in [6.45, 7) is 4.44. The minimum atomic E-state index is -0.875. The Morgan fingerprint density at radius 3 is 2.27 bits per heavy atom. The van der Waals surface area contributed by atoms with E-state index >= 15 is 0 Å². The molecule has 0 bridgehead atoms. The lowest BCUT2D eigenvalue weighted by atomic mass is 9.98. The molecule has 0 atom stereocenters. The summed E-state index contributed by atoms with van der Waals surface area (Å²) in [5.41, 5.74) is -0.902. The summed E-state index contributed by atoms with van der Waals surface area (Å²) in [6.07, 6.45) is 1.69. The van der Waals surface area contributed by atoms with Gasteiger partial charge >= 0.3 is 11.9 Å². The fourth-order valence-corrected chi connectivity index (χ4v) is 3.11. The molecule has 0 radical (unpaired) electrons. The molecule has 0 aliphatic carbocycles. The summed E-state index contributed by atoms with van der Waals surface area (Å²) in [7, 11) is 0. The number of nitro groups is 1. The Hall–Kier alpha value is -3.20. The van der Waals surface area contributed by atoms with E-state index in [1.165, 1.54) is 42.1 Å². The molecular weight excluding hydrogens is 410 g/mol. The number of benzene rings is 2. The topological polar surface area (TPSA) is 113 Å². The van der Waals surface area contributed by atoms with Gasteiger partial charge in [-0.2, -0.15) is 0 Å². The van der Waals surface area contributed by atoms with Crippen LogP contribution in [0.2, 0.25) is 0 Å². The second-order valence-electron chi connectivity index (χ2n) is 7.18. The van der Waals surface area contributed by atoms with E-state index in [-0.39, 0.29) is 22.4 Å². The minimum Gasteiger partial charge on any atom is -0.457 e. The van der Waals surface area contributed by atoms with E-state index in [0.717, 1.165) is 0 Å². The van der Waals surface area contributed by atoms with Crippen LogP contribution in [-0.4, -0.2) is 41.1 Å². The van der Waals surface area contributed by atoms with Crippen molar-refractivity contribution in [3.63, 3.8) is 0 Å². The van der Waals surface area contributed by atoms with Gasteiger partial charge in [0, 0.05) is 17.2 Å². The Labute approximate surface area is 177 Å². The monoisotopic (exact) mass is 431 g/mol. The Bertz CT molecular complexity index is 995. The number of nitro benzene ring substituents is 1. The van der Waals surface area contributed by atoms with Crippen molar-refractivity contribution in [1.29, 1.82) is 0 Å².